The molecule has 0 atom stereocenters. The molecule has 0 bridgehead atoms. The fourth-order valence-electron chi connectivity index (χ4n) is 3.31. The Morgan fingerprint density at radius 1 is 0.885 bits per heavy atom. The number of carbonyl (C=O) groups is 2. The average molecular weight is 351 g/mol. The van der Waals surface area contributed by atoms with Crippen LogP contribution in [0.1, 0.15) is 33.6 Å². The molecule has 0 spiro atoms. The van der Waals surface area contributed by atoms with Crippen molar-refractivity contribution in [2.45, 2.75) is 18.9 Å². The molecule has 2 aromatic carbocycles. The first-order valence-electron chi connectivity index (χ1n) is 8.99. The summed E-state index contributed by atoms with van der Waals surface area (Å²) < 4.78 is 0. The molecule has 1 aliphatic heterocycles. The van der Waals surface area contributed by atoms with Crippen LogP contribution in [0.25, 0.3) is 0 Å². The number of para-hydroxylation sites is 1. The van der Waals surface area contributed by atoms with Crippen molar-refractivity contribution in [3.8, 4) is 0 Å². The summed E-state index contributed by atoms with van der Waals surface area (Å²) in [6.07, 6.45) is 1.91. The molecule has 5 nitrogen and oxygen atoms in total. The number of carbonyl (C=O) groups excluding carboxylic acids is 2. The van der Waals surface area contributed by atoms with E-state index in [9.17, 15) is 9.59 Å². The smallest absolute Gasteiger partial charge is 0.258 e. The van der Waals surface area contributed by atoms with Gasteiger partial charge >= 0.3 is 0 Å². The molecule has 2 amide bonds. The summed E-state index contributed by atoms with van der Waals surface area (Å²) in [5.41, 5.74) is 1.89. The van der Waals surface area contributed by atoms with E-state index in [-0.39, 0.29) is 17.9 Å². The van der Waals surface area contributed by atoms with E-state index in [0.717, 1.165) is 31.6 Å². The molecular formula is C21H25N3O2. The van der Waals surface area contributed by atoms with Gasteiger partial charge in [0.05, 0.1) is 0 Å². The number of nitrogens with zero attached hydrogens (tertiary/aromatic N) is 2. The Balaban J connectivity index is 1.77. The minimum absolute atomic E-state index is 0.0334. The number of hydrogen-bond acceptors (Lipinski definition) is 3. The molecule has 1 heterocycles. The second-order valence-corrected chi connectivity index (χ2v) is 6.68. The van der Waals surface area contributed by atoms with Gasteiger partial charge in [-0.2, -0.15) is 0 Å². The van der Waals surface area contributed by atoms with Crippen molar-refractivity contribution in [3.63, 3.8) is 0 Å². The largest absolute Gasteiger partial charge is 0.339 e. The Morgan fingerprint density at radius 2 is 1.50 bits per heavy atom. The van der Waals surface area contributed by atoms with Gasteiger partial charge in [-0.25, -0.2) is 0 Å². The maximum Gasteiger partial charge on any atom is 0.258 e. The summed E-state index contributed by atoms with van der Waals surface area (Å²) in [4.78, 5) is 29.0. The lowest BCUT2D eigenvalue weighted by molar-refractivity contribution is 0.0703. The molecule has 0 unspecified atom stereocenters. The van der Waals surface area contributed by atoms with Gasteiger partial charge in [0.2, 0.25) is 0 Å². The van der Waals surface area contributed by atoms with E-state index in [1.165, 1.54) is 0 Å². The molecule has 1 aliphatic rings. The third-order valence-corrected chi connectivity index (χ3v) is 4.98. The van der Waals surface area contributed by atoms with Crippen molar-refractivity contribution in [1.29, 1.82) is 0 Å². The van der Waals surface area contributed by atoms with E-state index >= 15 is 0 Å². The zero-order valence-corrected chi connectivity index (χ0v) is 15.3. The molecule has 5 heteroatoms. The zero-order chi connectivity index (χ0) is 18.5. The number of hydrogen-bond donors (Lipinski definition) is 1. The fraction of sp³-hybridized carbons (Fsp3) is 0.333. The van der Waals surface area contributed by atoms with Crippen LogP contribution in [0.2, 0.25) is 0 Å². The molecule has 0 saturated carbocycles. The summed E-state index contributed by atoms with van der Waals surface area (Å²) in [7, 11) is 3.59. The number of piperidine rings is 1. The van der Waals surface area contributed by atoms with Gasteiger partial charge in [0, 0.05) is 37.0 Å². The molecular weight excluding hydrogens is 326 g/mol. The van der Waals surface area contributed by atoms with Crippen molar-refractivity contribution < 1.29 is 9.59 Å². The van der Waals surface area contributed by atoms with Crippen LogP contribution in [-0.2, 0) is 0 Å². The van der Waals surface area contributed by atoms with Crippen molar-refractivity contribution in [2.24, 2.45) is 0 Å². The van der Waals surface area contributed by atoms with Gasteiger partial charge in [-0.15, -0.1) is 0 Å². The van der Waals surface area contributed by atoms with Crippen LogP contribution in [0.15, 0.2) is 54.6 Å². The van der Waals surface area contributed by atoms with Gasteiger partial charge in [0.15, 0.2) is 0 Å². The Hall–Kier alpha value is -2.66. The quantitative estimate of drug-likeness (QED) is 0.922. The van der Waals surface area contributed by atoms with E-state index in [2.05, 4.69) is 5.32 Å². The van der Waals surface area contributed by atoms with Crippen LogP contribution in [0.4, 0.5) is 5.69 Å². The Bertz CT molecular complexity index is 770. The molecule has 3 rings (SSSR count). The van der Waals surface area contributed by atoms with E-state index in [1.54, 1.807) is 36.2 Å². The molecule has 2 aromatic rings. The lowest BCUT2D eigenvalue weighted by Gasteiger charge is -2.31. The van der Waals surface area contributed by atoms with Crippen LogP contribution >= 0.6 is 0 Å². The molecule has 1 N–H and O–H groups in total. The molecule has 0 aliphatic carbocycles. The fourth-order valence-corrected chi connectivity index (χ4v) is 3.31. The first kappa shape index (κ1) is 18.1. The van der Waals surface area contributed by atoms with E-state index < -0.39 is 0 Å². The summed E-state index contributed by atoms with van der Waals surface area (Å²) >= 11 is 0. The minimum atomic E-state index is -0.129. The summed E-state index contributed by atoms with van der Waals surface area (Å²) in [5, 5.41) is 3.31. The van der Waals surface area contributed by atoms with Crippen molar-refractivity contribution in [1.82, 2.24) is 10.2 Å². The first-order chi connectivity index (χ1) is 12.6. The van der Waals surface area contributed by atoms with E-state index in [1.807, 2.05) is 42.3 Å². The highest BCUT2D eigenvalue weighted by molar-refractivity contribution is 6.07. The predicted molar refractivity (Wildman–Crippen MR) is 104 cm³/mol. The molecule has 0 aromatic heterocycles. The van der Waals surface area contributed by atoms with E-state index in [4.69, 9.17) is 0 Å². The SMILES string of the molecule is CN(C(=O)c1cccc(C(=O)N(C)C2CCNCC2)c1)c1ccccc1. The van der Waals surface area contributed by atoms with Crippen LogP contribution < -0.4 is 10.2 Å². The number of benzene rings is 2. The third-order valence-electron chi connectivity index (χ3n) is 4.98. The minimum Gasteiger partial charge on any atom is -0.339 e. The summed E-state index contributed by atoms with van der Waals surface area (Å²) in [5.74, 6) is -0.163. The highest BCUT2D eigenvalue weighted by Crippen LogP contribution is 2.18. The summed E-state index contributed by atoms with van der Waals surface area (Å²) in [6, 6.07) is 16.7. The van der Waals surface area contributed by atoms with Crippen molar-refractivity contribution in [3.05, 3.63) is 65.7 Å². The molecule has 1 fully saturated rings. The Kier molecular flexibility index (Phi) is 5.68. The lowest BCUT2D eigenvalue weighted by atomic mass is 10.0. The average Bonchev–Trinajstić information content (AvgIpc) is 2.73. The highest BCUT2D eigenvalue weighted by Gasteiger charge is 2.23. The second-order valence-electron chi connectivity index (χ2n) is 6.68. The highest BCUT2D eigenvalue weighted by atomic mass is 16.2. The van der Waals surface area contributed by atoms with Gasteiger partial charge < -0.3 is 15.1 Å². The lowest BCUT2D eigenvalue weighted by Crippen LogP contribution is -2.44. The standard InChI is InChI=1S/C21H25N3O2/c1-23(18-9-4-3-5-10-18)20(25)16-7-6-8-17(15-16)21(26)24(2)19-11-13-22-14-12-19/h3-10,15,19,22H,11-14H2,1-2H3. The van der Waals surface area contributed by atoms with Crippen LogP contribution in [-0.4, -0.2) is 49.9 Å². The number of rotatable bonds is 4. The maximum atomic E-state index is 12.8. The Labute approximate surface area is 154 Å². The zero-order valence-electron chi connectivity index (χ0n) is 15.3. The second kappa shape index (κ2) is 8.15. The number of nitrogens with one attached hydrogen (secondary N) is 1. The van der Waals surface area contributed by atoms with Gasteiger partial charge in [0.25, 0.3) is 11.8 Å². The van der Waals surface area contributed by atoms with Gasteiger partial charge in [0.1, 0.15) is 0 Å². The first-order valence-corrected chi connectivity index (χ1v) is 8.99. The van der Waals surface area contributed by atoms with Crippen molar-refractivity contribution >= 4 is 17.5 Å². The topological polar surface area (TPSA) is 52.7 Å². The maximum absolute atomic E-state index is 12.8. The summed E-state index contributed by atoms with van der Waals surface area (Å²) in [6.45, 7) is 1.87. The third kappa shape index (κ3) is 3.94. The van der Waals surface area contributed by atoms with Crippen LogP contribution in [0.5, 0.6) is 0 Å². The predicted octanol–water partition coefficient (Wildman–Crippen LogP) is 2.79. The molecule has 26 heavy (non-hydrogen) atoms. The normalized spacial score (nSPS) is 14.7. The van der Waals surface area contributed by atoms with Gasteiger partial charge in [-0.1, -0.05) is 24.3 Å². The molecule has 0 radical (unpaired) electrons. The van der Waals surface area contributed by atoms with E-state index in [0.29, 0.717) is 11.1 Å². The number of anilines is 1. The molecule has 136 valence electrons. The monoisotopic (exact) mass is 351 g/mol. The van der Waals surface area contributed by atoms with Crippen LogP contribution in [0, 0.1) is 0 Å². The van der Waals surface area contributed by atoms with Gasteiger partial charge in [-0.3, -0.25) is 9.59 Å². The van der Waals surface area contributed by atoms with Crippen LogP contribution in [0.3, 0.4) is 0 Å². The number of amides is 2. The van der Waals surface area contributed by atoms with Gasteiger partial charge in [-0.05, 0) is 56.3 Å². The van der Waals surface area contributed by atoms with Crippen molar-refractivity contribution in [2.75, 3.05) is 32.1 Å². The Morgan fingerprint density at radius 3 is 2.15 bits per heavy atom. The molecule has 1 saturated heterocycles.